The van der Waals surface area contributed by atoms with Crippen molar-refractivity contribution in [2.24, 2.45) is 0 Å². The zero-order valence-corrected chi connectivity index (χ0v) is 17.9. The molecule has 0 saturated carbocycles. The summed E-state index contributed by atoms with van der Waals surface area (Å²) in [5, 5.41) is 0. The second-order valence-corrected chi connectivity index (χ2v) is 7.34. The number of methoxy groups -OCH3 is 2. The SMILES string of the molecule is CCC(CC)(OC)[C@@H]1CCCN1c1cc(=O)n(Cc2ccc(OC)cc2)[cH-]1.[Li+]. The molecule has 148 valence electrons. The zero-order chi connectivity index (χ0) is 19.4. The maximum atomic E-state index is 12.6. The van der Waals surface area contributed by atoms with Gasteiger partial charge in [-0.1, -0.05) is 37.9 Å². The van der Waals surface area contributed by atoms with E-state index in [0.717, 1.165) is 49.2 Å². The van der Waals surface area contributed by atoms with E-state index >= 15 is 0 Å². The molecule has 5 nitrogen and oxygen atoms in total. The standard InChI is InChI=1S/C22H31N2O3.Li/c1-5-22(6-2,27-4)20-8-7-13-24(20)18-14-21(25)23(16-18)15-17-9-11-19(26-3)12-10-17;/h9-12,14,16,20H,5-8,13,15H2,1-4H3;/q-1;+1/t20-;/m0./s1. The molecule has 1 saturated heterocycles. The molecule has 1 fully saturated rings. The summed E-state index contributed by atoms with van der Waals surface area (Å²) >= 11 is 0. The third kappa shape index (κ3) is 4.38. The Morgan fingerprint density at radius 3 is 2.43 bits per heavy atom. The minimum Gasteiger partial charge on any atom is -0.497 e. The molecular formula is C22H31LiN2O3. The van der Waals surface area contributed by atoms with Crippen LogP contribution >= 0.6 is 0 Å². The Morgan fingerprint density at radius 2 is 1.86 bits per heavy atom. The number of rotatable bonds is 8. The summed E-state index contributed by atoms with van der Waals surface area (Å²) in [6.07, 6.45) is 6.17. The Kier molecular flexibility index (Phi) is 7.94. The molecule has 6 heteroatoms. The monoisotopic (exact) mass is 378 g/mol. The van der Waals surface area contributed by atoms with Gasteiger partial charge in [0.2, 0.25) is 0 Å². The van der Waals surface area contributed by atoms with Crippen molar-refractivity contribution in [1.29, 1.82) is 0 Å². The van der Waals surface area contributed by atoms with Crippen molar-refractivity contribution in [2.45, 2.75) is 57.7 Å². The first-order chi connectivity index (χ1) is 13.1. The number of benzene rings is 1. The van der Waals surface area contributed by atoms with Gasteiger partial charge < -0.3 is 23.7 Å². The minimum atomic E-state index is -0.155. The third-order valence-corrected chi connectivity index (χ3v) is 6.15. The third-order valence-electron chi connectivity index (χ3n) is 6.15. The van der Waals surface area contributed by atoms with E-state index in [2.05, 4.69) is 18.7 Å². The van der Waals surface area contributed by atoms with Crippen molar-refractivity contribution in [3.05, 3.63) is 52.4 Å². The van der Waals surface area contributed by atoms with Gasteiger partial charge in [0.15, 0.2) is 0 Å². The van der Waals surface area contributed by atoms with Crippen LogP contribution in [0.25, 0.3) is 0 Å². The van der Waals surface area contributed by atoms with Crippen molar-refractivity contribution >= 4 is 5.69 Å². The predicted molar refractivity (Wildman–Crippen MR) is 109 cm³/mol. The van der Waals surface area contributed by atoms with Crippen LogP contribution in [0.15, 0.2) is 41.3 Å². The molecule has 1 aliphatic rings. The molecule has 0 N–H and O–H groups in total. The number of nitrogens with zero attached hydrogens (tertiary/aromatic N) is 2. The van der Waals surface area contributed by atoms with Crippen LogP contribution in [0.2, 0.25) is 0 Å². The Morgan fingerprint density at radius 1 is 1.18 bits per heavy atom. The zero-order valence-electron chi connectivity index (χ0n) is 17.9. The van der Waals surface area contributed by atoms with Gasteiger partial charge >= 0.3 is 18.9 Å². The second-order valence-electron chi connectivity index (χ2n) is 7.34. The molecule has 1 aromatic carbocycles. The molecule has 0 bridgehead atoms. The number of aromatic nitrogens is 1. The molecule has 0 unspecified atom stereocenters. The first kappa shape index (κ1) is 22.7. The fourth-order valence-electron chi connectivity index (χ4n) is 4.45. The van der Waals surface area contributed by atoms with E-state index in [0.29, 0.717) is 12.6 Å². The van der Waals surface area contributed by atoms with E-state index in [1.165, 1.54) is 0 Å². The fourth-order valence-corrected chi connectivity index (χ4v) is 4.45. The van der Waals surface area contributed by atoms with Crippen LogP contribution in [0.4, 0.5) is 5.69 Å². The van der Waals surface area contributed by atoms with Crippen molar-refractivity contribution in [1.82, 2.24) is 4.57 Å². The van der Waals surface area contributed by atoms with Crippen LogP contribution in [0, 0.1) is 0 Å². The van der Waals surface area contributed by atoms with Crippen molar-refractivity contribution in [2.75, 3.05) is 25.7 Å². The molecule has 1 atom stereocenters. The summed E-state index contributed by atoms with van der Waals surface area (Å²) in [4.78, 5) is 14.9. The predicted octanol–water partition coefficient (Wildman–Crippen LogP) is 0.802. The summed E-state index contributed by atoms with van der Waals surface area (Å²) < 4.78 is 13.0. The molecule has 2 heterocycles. The van der Waals surface area contributed by atoms with Gasteiger partial charge in [-0.25, -0.2) is 0 Å². The Hall–Kier alpha value is -1.54. The maximum Gasteiger partial charge on any atom is 1.00 e. The summed E-state index contributed by atoms with van der Waals surface area (Å²) in [6, 6.07) is 9.94. The molecule has 28 heavy (non-hydrogen) atoms. The van der Waals surface area contributed by atoms with Crippen LogP contribution in [0.1, 0.15) is 45.1 Å². The number of hydrogen-bond acceptors (Lipinski definition) is 4. The first-order valence-electron chi connectivity index (χ1n) is 9.88. The van der Waals surface area contributed by atoms with Gasteiger partial charge in [-0.05, 0) is 43.4 Å². The fraction of sp³-hybridized carbons (Fsp3) is 0.545. The van der Waals surface area contributed by atoms with E-state index in [1.54, 1.807) is 17.7 Å². The van der Waals surface area contributed by atoms with Gasteiger partial charge in [0.1, 0.15) is 5.75 Å². The average Bonchev–Trinajstić information content (AvgIpc) is 3.32. The van der Waals surface area contributed by atoms with Gasteiger partial charge in [0, 0.05) is 20.2 Å². The topological polar surface area (TPSA) is 43.7 Å². The summed E-state index contributed by atoms with van der Waals surface area (Å²) in [7, 11) is 3.47. The molecule has 0 amide bonds. The van der Waals surface area contributed by atoms with E-state index in [-0.39, 0.29) is 30.0 Å². The Bertz CT molecular complexity index is 785. The number of hydrogen-bond donors (Lipinski definition) is 0. The molecule has 0 spiro atoms. The smallest absolute Gasteiger partial charge is 0.497 e. The van der Waals surface area contributed by atoms with Crippen LogP contribution in [-0.2, 0) is 11.3 Å². The van der Waals surface area contributed by atoms with Gasteiger partial charge in [-0.15, -0.1) is 6.07 Å². The second kappa shape index (κ2) is 9.78. The summed E-state index contributed by atoms with van der Waals surface area (Å²) in [6.45, 7) is 5.93. The molecule has 2 aromatic rings. The molecular weight excluding hydrogens is 347 g/mol. The van der Waals surface area contributed by atoms with Crippen molar-refractivity contribution in [3.8, 4) is 5.75 Å². The Labute approximate surface area is 180 Å². The Balaban J connectivity index is 0.00000280. The molecule has 3 rings (SSSR count). The van der Waals surface area contributed by atoms with Crippen molar-refractivity contribution < 1.29 is 28.3 Å². The van der Waals surface area contributed by atoms with Crippen LogP contribution in [0.3, 0.4) is 0 Å². The van der Waals surface area contributed by atoms with Gasteiger partial charge in [0.25, 0.3) is 0 Å². The van der Waals surface area contributed by atoms with E-state index in [1.807, 2.05) is 37.6 Å². The van der Waals surface area contributed by atoms with Crippen LogP contribution < -0.4 is 34.1 Å². The quantitative estimate of drug-likeness (QED) is 0.504. The summed E-state index contributed by atoms with van der Waals surface area (Å²) in [5.41, 5.74) is 1.99. The first-order valence-corrected chi connectivity index (χ1v) is 9.88. The molecule has 0 radical (unpaired) electrons. The number of anilines is 1. The largest absolute Gasteiger partial charge is 1.00 e. The van der Waals surface area contributed by atoms with Gasteiger partial charge in [-0.2, -0.15) is 0 Å². The average molecular weight is 378 g/mol. The normalized spacial score (nSPS) is 16.9. The van der Waals surface area contributed by atoms with Gasteiger partial charge in [-0.3, -0.25) is 0 Å². The van der Waals surface area contributed by atoms with Crippen LogP contribution in [-0.4, -0.2) is 37.0 Å². The van der Waals surface area contributed by atoms with Crippen molar-refractivity contribution in [3.63, 3.8) is 0 Å². The van der Waals surface area contributed by atoms with E-state index < -0.39 is 0 Å². The minimum absolute atomic E-state index is 0. The van der Waals surface area contributed by atoms with E-state index in [4.69, 9.17) is 9.47 Å². The maximum absolute atomic E-state index is 12.6. The molecule has 0 aliphatic carbocycles. The van der Waals surface area contributed by atoms with Crippen LogP contribution in [0.5, 0.6) is 5.75 Å². The molecule has 1 aliphatic heterocycles. The van der Waals surface area contributed by atoms with Gasteiger partial charge in [0.05, 0.1) is 24.3 Å². The summed E-state index contributed by atoms with van der Waals surface area (Å²) in [5.74, 6) is 0.823. The molecule has 1 aromatic heterocycles. The van der Waals surface area contributed by atoms with E-state index in [9.17, 15) is 4.79 Å². The number of ether oxygens (including phenoxy) is 2.